The van der Waals surface area contributed by atoms with Crippen LogP contribution in [0, 0.1) is 27.8 Å². The fourth-order valence-corrected chi connectivity index (χ4v) is 8.32. The van der Waals surface area contributed by atoms with E-state index in [9.17, 15) is 38.4 Å². The Bertz CT molecular complexity index is 3000. The highest BCUT2D eigenvalue weighted by Crippen LogP contribution is 2.17. The van der Waals surface area contributed by atoms with Crippen molar-refractivity contribution in [3.63, 3.8) is 0 Å². The first-order valence-electron chi connectivity index (χ1n) is 32.9. The maximum atomic E-state index is 12.0. The molecule has 2 aromatic heterocycles. The quantitative estimate of drug-likeness (QED) is 0.0104. The third-order valence-electron chi connectivity index (χ3n) is 12.8. The Morgan fingerprint density at radius 2 is 0.617 bits per heavy atom. The molecular weight excluding hydrogens is 1540 g/mol. The van der Waals surface area contributed by atoms with E-state index < -0.39 is 47.8 Å². The van der Waals surface area contributed by atoms with Crippen LogP contribution in [0.4, 0.5) is 0 Å². The molecule has 0 fully saturated rings. The van der Waals surface area contributed by atoms with Crippen molar-refractivity contribution in [3.05, 3.63) is 116 Å². The highest BCUT2D eigenvalue weighted by Gasteiger charge is 2.23. The van der Waals surface area contributed by atoms with Crippen LogP contribution in [0.15, 0.2) is 72.8 Å². The second-order valence-corrected chi connectivity index (χ2v) is 22.2. The van der Waals surface area contributed by atoms with Gasteiger partial charge in [0.15, 0.2) is 0 Å². The first-order valence-corrected chi connectivity index (χ1v) is 34.7. The molecule has 4 aromatic rings. The molecular formula is C72H104ClIN6O27. The largest absolute Gasteiger partial charge is 0.491 e. The Hall–Kier alpha value is -8.28. The van der Waals surface area contributed by atoms with Crippen molar-refractivity contribution in [2.75, 3.05) is 215 Å². The van der Waals surface area contributed by atoms with E-state index in [0.29, 0.717) is 98.1 Å². The summed E-state index contributed by atoms with van der Waals surface area (Å²) in [5.41, 5.74) is 3.63. The Balaban J connectivity index is 0. The molecule has 5 N–H and O–H groups in total. The number of benzene rings is 2. The van der Waals surface area contributed by atoms with E-state index in [1.807, 2.05) is 31.2 Å². The van der Waals surface area contributed by atoms with E-state index in [2.05, 4.69) is 85.6 Å². The van der Waals surface area contributed by atoms with Gasteiger partial charge in [0.1, 0.15) is 24.7 Å². The van der Waals surface area contributed by atoms with Crippen molar-refractivity contribution in [2.45, 2.75) is 39.5 Å². The molecule has 598 valence electrons. The van der Waals surface area contributed by atoms with Gasteiger partial charge in [-0.05, 0) is 102 Å². The summed E-state index contributed by atoms with van der Waals surface area (Å²) in [5, 5.41) is 41.5. The van der Waals surface area contributed by atoms with Gasteiger partial charge in [0.25, 0.3) is 0 Å². The third kappa shape index (κ3) is 54.0. The highest BCUT2D eigenvalue weighted by atomic mass is 127. The van der Waals surface area contributed by atoms with Crippen molar-refractivity contribution in [1.82, 2.24) is 29.6 Å². The standard InChI is InChI=1S/C31H39N3O11.C21H27N3O8.C10H13IO3.C5H12O2.C4H10O3.CH3Cl/c1-40-28(36)19-33(20-29(37)41-2)17-25-15-24(6-5-23-7-9-27(10-8-23)45-14-13-44-12-11-35)16-26(32-25)18-34(21-30(38)42-3)22-31(39)43-4;1-6-15-7-16(9-23(11-18(25)29-2)12-19(26)30-3)22-17(8-15)10-24(13-20(27)31-4)14-21(28)32-5;11-9-1-3-10(4-2-9)14-8-7-13-6-5-12;1-2-4-7-5-3-6;5-1-3-7-4-2-6;1-2/h7-10,15-16,35H,11-14,17-22H2,1-4H3;1,7-8H,9-14H2,2-5H3;1-4,12H,5-8H2;6H,2-5H2,1H3;5-6H,1-4H2;1H3. The molecule has 4 rings (SSSR count). The van der Waals surface area contributed by atoms with Gasteiger partial charge < -0.3 is 91.8 Å². The SMILES string of the molecule is C#Cc1cc(CN(CC(=O)OC)CC(=O)OC)nc(CN(CC(=O)OC)CC(=O)OC)c1.CCCOCCO.CCl.COC(=O)CN(CC(=O)OC)Cc1cc(C#Cc2ccc(OCCOCCO)cc2)cc(CN(CC(=O)OC)CC(=O)OC)n1.OCCOCCO.OCCOCCOc1ccc(I)cc1. The zero-order chi connectivity index (χ0) is 80.4. The van der Waals surface area contributed by atoms with E-state index in [-0.39, 0.29) is 118 Å². The summed E-state index contributed by atoms with van der Waals surface area (Å²) in [6.07, 6.45) is 8.06. The molecule has 0 aliphatic carbocycles. The number of aliphatic hydroxyl groups excluding tert-OH is 5. The van der Waals surface area contributed by atoms with Gasteiger partial charge >= 0.3 is 47.8 Å². The van der Waals surface area contributed by atoms with Gasteiger partial charge in [-0.2, -0.15) is 0 Å². The van der Waals surface area contributed by atoms with E-state index >= 15 is 0 Å². The van der Waals surface area contributed by atoms with Crippen molar-refractivity contribution >= 4 is 81.9 Å². The Morgan fingerprint density at radius 3 is 0.869 bits per heavy atom. The summed E-state index contributed by atoms with van der Waals surface area (Å²) in [4.78, 5) is 110. The minimum absolute atomic E-state index is 0.0278. The number of pyridine rings is 2. The molecule has 0 aliphatic rings. The molecule has 0 atom stereocenters. The zero-order valence-electron chi connectivity index (χ0n) is 62.5. The molecule has 0 spiro atoms. The second-order valence-electron chi connectivity index (χ2n) is 21.0. The summed E-state index contributed by atoms with van der Waals surface area (Å²) in [6.45, 7) is 5.32. The number of aliphatic hydroxyl groups is 5. The number of carbonyl (C=O) groups excluding carboxylic acids is 8. The molecule has 107 heavy (non-hydrogen) atoms. The molecule has 2 heterocycles. The van der Waals surface area contributed by atoms with Crippen LogP contribution in [-0.2, 0) is 121 Å². The fraction of sp³-hybridized carbons (Fsp3) is 0.528. The van der Waals surface area contributed by atoms with Gasteiger partial charge in [0.05, 0.1) is 211 Å². The van der Waals surface area contributed by atoms with Gasteiger partial charge in [-0.25, -0.2) is 0 Å². The van der Waals surface area contributed by atoms with Crippen molar-refractivity contribution in [2.24, 2.45) is 0 Å². The van der Waals surface area contributed by atoms with E-state index in [1.54, 1.807) is 48.5 Å². The Kier molecular flexibility index (Phi) is 63.2. The number of halogens is 2. The first kappa shape index (κ1) is 101. The topological polar surface area (TPSA) is 406 Å². The van der Waals surface area contributed by atoms with Gasteiger partial charge in [-0.15, -0.1) is 18.0 Å². The van der Waals surface area contributed by atoms with Crippen LogP contribution in [0.3, 0.4) is 0 Å². The van der Waals surface area contributed by atoms with Crippen molar-refractivity contribution in [3.8, 4) is 35.7 Å². The number of methoxy groups -OCH3 is 8. The van der Waals surface area contributed by atoms with Crippen LogP contribution in [-0.4, -0.2) is 318 Å². The van der Waals surface area contributed by atoms with Gasteiger partial charge in [-0.3, -0.25) is 67.9 Å². The molecule has 33 nitrogen and oxygen atoms in total. The molecule has 0 unspecified atom stereocenters. The van der Waals surface area contributed by atoms with E-state index in [4.69, 9.17) is 74.6 Å². The molecule has 0 saturated heterocycles. The summed E-state index contributed by atoms with van der Waals surface area (Å²) < 4.78 is 69.7. The van der Waals surface area contributed by atoms with Crippen LogP contribution < -0.4 is 9.47 Å². The number of hydrogen-bond donors (Lipinski definition) is 5. The smallest absolute Gasteiger partial charge is 0.319 e. The molecule has 0 radical (unpaired) electrons. The van der Waals surface area contributed by atoms with Crippen LogP contribution in [0.5, 0.6) is 11.5 Å². The zero-order valence-corrected chi connectivity index (χ0v) is 65.4. The molecule has 0 bridgehead atoms. The number of rotatable bonds is 44. The number of hydrogen-bond acceptors (Lipinski definition) is 33. The van der Waals surface area contributed by atoms with Crippen LogP contribution >= 0.6 is 34.2 Å². The third-order valence-corrected chi connectivity index (χ3v) is 13.5. The number of esters is 8. The number of nitrogens with zero attached hydrogens (tertiary/aromatic N) is 6. The maximum absolute atomic E-state index is 12.0. The monoisotopic (exact) mass is 1650 g/mol. The normalized spacial score (nSPS) is 10.2. The predicted molar refractivity (Wildman–Crippen MR) is 397 cm³/mol. The average molecular weight is 1650 g/mol. The molecule has 0 amide bonds. The summed E-state index contributed by atoms with van der Waals surface area (Å²) in [6, 6.07) is 21.7. The van der Waals surface area contributed by atoms with Crippen molar-refractivity contribution in [1.29, 1.82) is 0 Å². The lowest BCUT2D eigenvalue weighted by molar-refractivity contribution is -0.147. The number of aromatic nitrogens is 2. The highest BCUT2D eigenvalue weighted by molar-refractivity contribution is 14.1. The van der Waals surface area contributed by atoms with E-state index in [1.165, 1.54) is 86.4 Å². The minimum Gasteiger partial charge on any atom is -0.491 e. The van der Waals surface area contributed by atoms with Crippen LogP contribution in [0.2, 0.25) is 0 Å². The average Bonchev–Trinajstić information content (AvgIpc) is 0.858. The number of terminal acetylenes is 1. The summed E-state index contributed by atoms with van der Waals surface area (Å²) in [7, 11) is 9.94. The first-order chi connectivity index (χ1) is 51.6. The Morgan fingerprint density at radius 1 is 0.374 bits per heavy atom. The van der Waals surface area contributed by atoms with Gasteiger partial charge in [-0.1, -0.05) is 24.7 Å². The van der Waals surface area contributed by atoms with Crippen LogP contribution in [0.1, 0.15) is 52.8 Å². The maximum Gasteiger partial charge on any atom is 0.319 e. The summed E-state index contributed by atoms with van der Waals surface area (Å²) >= 11 is 6.88. The van der Waals surface area contributed by atoms with Crippen LogP contribution in [0.25, 0.3) is 0 Å². The fourth-order valence-electron chi connectivity index (χ4n) is 7.96. The molecule has 0 aliphatic heterocycles. The lowest BCUT2D eigenvalue weighted by Crippen LogP contribution is -2.36. The lowest BCUT2D eigenvalue weighted by atomic mass is 10.1. The van der Waals surface area contributed by atoms with Crippen molar-refractivity contribution < 1.29 is 130 Å². The van der Waals surface area contributed by atoms with E-state index in [0.717, 1.165) is 18.8 Å². The number of alkyl halides is 1. The minimum atomic E-state index is -0.553. The van der Waals surface area contributed by atoms with Gasteiger partial charge in [0.2, 0.25) is 0 Å². The molecule has 35 heteroatoms. The number of ether oxygens (including phenoxy) is 14. The van der Waals surface area contributed by atoms with Gasteiger partial charge in [0, 0.05) is 59.4 Å². The number of carbonyl (C=O) groups is 8. The Labute approximate surface area is 644 Å². The molecule has 0 saturated carbocycles. The summed E-state index contributed by atoms with van der Waals surface area (Å²) in [5.74, 6) is 5.83. The predicted octanol–water partition coefficient (Wildman–Crippen LogP) is 1.45. The lowest BCUT2D eigenvalue weighted by Gasteiger charge is -2.21. The molecule has 2 aromatic carbocycles. The second kappa shape index (κ2) is 67.1.